The van der Waals surface area contributed by atoms with Crippen LogP contribution in [0, 0.1) is 11.6 Å². The van der Waals surface area contributed by atoms with E-state index in [4.69, 9.17) is 0 Å². The summed E-state index contributed by atoms with van der Waals surface area (Å²) >= 11 is 0. The topological polar surface area (TPSA) is 40.5 Å². The molecule has 0 saturated carbocycles. The summed E-state index contributed by atoms with van der Waals surface area (Å²) in [5.41, 5.74) is 1.61. The fourth-order valence-electron chi connectivity index (χ4n) is 4.76. The van der Waals surface area contributed by atoms with Gasteiger partial charge in [-0.2, -0.15) is 0 Å². The Balaban J connectivity index is 1.62. The molecule has 2 fully saturated rings. The maximum absolute atomic E-state index is 13.7. The van der Waals surface area contributed by atoms with Crippen LogP contribution in [-0.4, -0.2) is 28.1 Å². The van der Waals surface area contributed by atoms with Crippen molar-refractivity contribution in [3.05, 3.63) is 71.3 Å². The summed E-state index contributed by atoms with van der Waals surface area (Å²) in [6.45, 7) is 0. The number of carboxylic acids is 1. The molecule has 0 amide bonds. The standard InChI is InChI=1S/C21H21F2NO2/c22-18-9-6-14(12-19(18)23)20(21(25)26)24-16-7-8-17(24)11-15(10-16)13-4-2-1-3-5-13/h1-6,9,12,15-17,20H,7-8,10-11H2,(H,25,26)/t15?,16-,17+,20?. The van der Waals surface area contributed by atoms with Crippen LogP contribution in [0.4, 0.5) is 8.78 Å². The van der Waals surface area contributed by atoms with Crippen LogP contribution >= 0.6 is 0 Å². The summed E-state index contributed by atoms with van der Waals surface area (Å²) in [6.07, 6.45) is 3.69. The first-order valence-electron chi connectivity index (χ1n) is 9.04. The Morgan fingerprint density at radius 2 is 1.65 bits per heavy atom. The van der Waals surface area contributed by atoms with Gasteiger partial charge in [-0.25, -0.2) is 8.78 Å². The summed E-state index contributed by atoms with van der Waals surface area (Å²) in [5, 5.41) is 9.83. The molecule has 2 saturated heterocycles. The number of hydrogen-bond acceptors (Lipinski definition) is 2. The maximum Gasteiger partial charge on any atom is 0.325 e. The zero-order valence-electron chi connectivity index (χ0n) is 14.3. The van der Waals surface area contributed by atoms with Crippen LogP contribution in [0.5, 0.6) is 0 Å². The minimum Gasteiger partial charge on any atom is -0.480 e. The van der Waals surface area contributed by atoms with Crippen LogP contribution in [0.1, 0.15) is 48.8 Å². The van der Waals surface area contributed by atoms with Crippen molar-refractivity contribution in [3.63, 3.8) is 0 Å². The molecule has 1 N–H and O–H groups in total. The second kappa shape index (κ2) is 6.80. The Morgan fingerprint density at radius 3 is 2.23 bits per heavy atom. The van der Waals surface area contributed by atoms with Crippen molar-refractivity contribution in [3.8, 4) is 0 Å². The molecular formula is C21H21F2NO2. The largest absolute Gasteiger partial charge is 0.480 e. The second-order valence-corrected chi connectivity index (χ2v) is 7.33. The normalized spacial score (nSPS) is 26.6. The lowest BCUT2D eigenvalue weighted by Crippen LogP contribution is -2.47. The second-order valence-electron chi connectivity index (χ2n) is 7.33. The van der Waals surface area contributed by atoms with Gasteiger partial charge in [0.2, 0.25) is 0 Å². The Bertz CT molecular complexity index is 797. The van der Waals surface area contributed by atoms with E-state index in [2.05, 4.69) is 12.1 Å². The van der Waals surface area contributed by atoms with E-state index in [9.17, 15) is 18.7 Å². The molecule has 4 atom stereocenters. The number of nitrogens with zero attached hydrogens (tertiary/aromatic N) is 1. The number of carboxylic acid groups (broad SMARTS) is 1. The zero-order valence-corrected chi connectivity index (χ0v) is 14.3. The number of carbonyl (C=O) groups is 1. The summed E-state index contributed by atoms with van der Waals surface area (Å²) in [7, 11) is 0. The van der Waals surface area contributed by atoms with Crippen LogP contribution in [0.3, 0.4) is 0 Å². The van der Waals surface area contributed by atoms with Gasteiger partial charge in [-0.05, 0) is 54.9 Å². The monoisotopic (exact) mass is 357 g/mol. The van der Waals surface area contributed by atoms with Gasteiger partial charge >= 0.3 is 5.97 Å². The molecule has 0 aliphatic carbocycles. The average molecular weight is 357 g/mol. The fraction of sp³-hybridized carbons (Fsp3) is 0.381. The lowest BCUT2D eigenvalue weighted by atomic mass is 9.83. The van der Waals surface area contributed by atoms with Gasteiger partial charge in [0.15, 0.2) is 11.6 Å². The Morgan fingerprint density at radius 1 is 1.00 bits per heavy atom. The van der Waals surface area contributed by atoms with Gasteiger partial charge in [-0.3, -0.25) is 9.69 Å². The first-order chi connectivity index (χ1) is 12.5. The first-order valence-corrected chi connectivity index (χ1v) is 9.04. The molecule has 26 heavy (non-hydrogen) atoms. The SMILES string of the molecule is O=C(O)C(c1ccc(F)c(F)c1)N1[C@@H]2CC[C@H]1CC(c1ccccc1)C2. The molecule has 0 radical (unpaired) electrons. The van der Waals surface area contributed by atoms with Gasteiger partial charge in [0.25, 0.3) is 0 Å². The highest BCUT2D eigenvalue weighted by Gasteiger charge is 2.46. The van der Waals surface area contributed by atoms with Gasteiger partial charge in [0, 0.05) is 12.1 Å². The van der Waals surface area contributed by atoms with E-state index in [-0.39, 0.29) is 12.1 Å². The number of halogens is 2. The molecule has 2 bridgehead atoms. The van der Waals surface area contributed by atoms with Gasteiger partial charge in [0.05, 0.1) is 0 Å². The van der Waals surface area contributed by atoms with E-state index < -0.39 is 23.6 Å². The smallest absolute Gasteiger partial charge is 0.325 e. The Kier molecular flexibility index (Phi) is 4.49. The van der Waals surface area contributed by atoms with Crippen LogP contribution < -0.4 is 0 Å². The Hall–Kier alpha value is -2.27. The average Bonchev–Trinajstić information content (AvgIpc) is 2.88. The van der Waals surface area contributed by atoms with Crippen molar-refractivity contribution < 1.29 is 18.7 Å². The molecule has 2 aliphatic rings. The minimum atomic E-state index is -1.01. The number of hydrogen-bond donors (Lipinski definition) is 1. The number of fused-ring (bicyclic) bond motifs is 2. The van der Waals surface area contributed by atoms with E-state index in [1.807, 2.05) is 23.1 Å². The first kappa shape index (κ1) is 17.2. The summed E-state index contributed by atoms with van der Waals surface area (Å²) in [5.74, 6) is -2.54. The molecular weight excluding hydrogens is 336 g/mol. The van der Waals surface area contributed by atoms with Crippen molar-refractivity contribution in [2.45, 2.75) is 49.7 Å². The van der Waals surface area contributed by atoms with Crippen LogP contribution in [0.15, 0.2) is 48.5 Å². The summed E-state index contributed by atoms with van der Waals surface area (Å²) < 4.78 is 27.0. The van der Waals surface area contributed by atoms with E-state index in [1.165, 1.54) is 11.6 Å². The highest BCUT2D eigenvalue weighted by Crippen LogP contribution is 2.47. The quantitative estimate of drug-likeness (QED) is 0.876. The van der Waals surface area contributed by atoms with Gasteiger partial charge in [-0.15, -0.1) is 0 Å². The third-order valence-electron chi connectivity index (χ3n) is 5.85. The number of benzene rings is 2. The molecule has 0 spiro atoms. The van der Waals surface area contributed by atoms with Crippen molar-refractivity contribution in [1.82, 2.24) is 4.90 Å². The summed E-state index contributed by atoms with van der Waals surface area (Å²) in [6, 6.07) is 13.1. The molecule has 2 heterocycles. The number of aliphatic carboxylic acids is 1. The van der Waals surface area contributed by atoms with Crippen molar-refractivity contribution in [2.24, 2.45) is 0 Å². The highest BCUT2D eigenvalue weighted by atomic mass is 19.2. The van der Waals surface area contributed by atoms with Crippen LogP contribution in [0.25, 0.3) is 0 Å². The van der Waals surface area contributed by atoms with Crippen molar-refractivity contribution in [2.75, 3.05) is 0 Å². The van der Waals surface area contributed by atoms with E-state index in [1.54, 1.807) is 0 Å². The summed E-state index contributed by atoms with van der Waals surface area (Å²) in [4.78, 5) is 14.0. The third kappa shape index (κ3) is 3.01. The van der Waals surface area contributed by atoms with Crippen molar-refractivity contribution in [1.29, 1.82) is 0 Å². The predicted octanol–water partition coefficient (Wildman–Crippen LogP) is 4.50. The maximum atomic E-state index is 13.7. The zero-order chi connectivity index (χ0) is 18.3. The molecule has 3 nitrogen and oxygen atoms in total. The predicted molar refractivity (Wildman–Crippen MR) is 93.8 cm³/mol. The number of piperidine rings is 1. The molecule has 2 aliphatic heterocycles. The lowest BCUT2D eigenvalue weighted by Gasteiger charge is -2.42. The van der Waals surface area contributed by atoms with E-state index in [0.29, 0.717) is 11.5 Å². The number of rotatable bonds is 4. The molecule has 2 unspecified atom stereocenters. The lowest BCUT2D eigenvalue weighted by molar-refractivity contribution is -0.146. The van der Waals surface area contributed by atoms with Gasteiger partial charge in [-0.1, -0.05) is 36.4 Å². The molecule has 2 aromatic carbocycles. The van der Waals surface area contributed by atoms with E-state index >= 15 is 0 Å². The molecule has 4 rings (SSSR count). The molecule has 136 valence electrons. The molecule has 0 aromatic heterocycles. The fourth-order valence-corrected chi connectivity index (χ4v) is 4.76. The minimum absolute atomic E-state index is 0.146. The third-order valence-corrected chi connectivity index (χ3v) is 5.85. The Labute approximate surface area is 151 Å². The van der Waals surface area contributed by atoms with Crippen molar-refractivity contribution >= 4 is 5.97 Å². The van der Waals surface area contributed by atoms with Gasteiger partial charge < -0.3 is 5.11 Å². The highest BCUT2D eigenvalue weighted by molar-refractivity contribution is 5.75. The molecule has 2 aromatic rings. The van der Waals surface area contributed by atoms with Crippen LogP contribution in [-0.2, 0) is 4.79 Å². The van der Waals surface area contributed by atoms with Gasteiger partial charge in [0.1, 0.15) is 6.04 Å². The molecule has 5 heteroatoms. The van der Waals surface area contributed by atoms with E-state index in [0.717, 1.165) is 37.8 Å². The van der Waals surface area contributed by atoms with Crippen LogP contribution in [0.2, 0.25) is 0 Å².